The summed E-state index contributed by atoms with van der Waals surface area (Å²) in [5, 5.41) is 0. The summed E-state index contributed by atoms with van der Waals surface area (Å²) in [6, 6.07) is 3.68. The van der Waals surface area contributed by atoms with Gasteiger partial charge < -0.3 is 0 Å². The number of carbonyl (C=O) groups is 1. The summed E-state index contributed by atoms with van der Waals surface area (Å²) >= 11 is 0. The van der Waals surface area contributed by atoms with Gasteiger partial charge in [-0.2, -0.15) is 0 Å². The first kappa shape index (κ1) is 9.08. The Morgan fingerprint density at radius 1 is 1.20 bits per heavy atom. The van der Waals surface area contributed by atoms with Crippen molar-refractivity contribution in [2.75, 3.05) is 0 Å². The van der Waals surface area contributed by atoms with Crippen LogP contribution in [0.2, 0.25) is 0 Å². The third kappa shape index (κ3) is 1.48. The van der Waals surface area contributed by atoms with Crippen LogP contribution >= 0.6 is 0 Å². The van der Waals surface area contributed by atoms with Gasteiger partial charge in [0, 0.05) is 23.9 Å². The maximum absolute atomic E-state index is 12.2. The number of hydrogen-bond donors (Lipinski definition) is 0. The Labute approximate surface area is 89.7 Å². The van der Waals surface area contributed by atoms with Crippen molar-refractivity contribution in [1.82, 2.24) is 4.98 Å². The predicted octanol–water partition coefficient (Wildman–Crippen LogP) is 2.70. The van der Waals surface area contributed by atoms with Crippen molar-refractivity contribution < 1.29 is 4.79 Å². The minimum atomic E-state index is 0.311. The summed E-state index contributed by atoms with van der Waals surface area (Å²) in [7, 11) is 0. The molecule has 2 aliphatic carbocycles. The van der Waals surface area contributed by atoms with Crippen LogP contribution in [0.4, 0.5) is 0 Å². The van der Waals surface area contributed by atoms with E-state index in [-0.39, 0.29) is 0 Å². The summed E-state index contributed by atoms with van der Waals surface area (Å²) in [6.45, 7) is 0. The SMILES string of the molecule is O=C(c1ccncc1)C1CC2CCC1C2. The molecule has 0 aromatic carbocycles. The first-order chi connectivity index (χ1) is 7.34. The number of carbonyl (C=O) groups excluding carboxylic acids is 1. The van der Waals surface area contributed by atoms with Gasteiger partial charge in [0.2, 0.25) is 0 Å². The first-order valence-electron chi connectivity index (χ1n) is 5.79. The van der Waals surface area contributed by atoms with E-state index in [1.165, 1.54) is 19.3 Å². The van der Waals surface area contributed by atoms with Crippen molar-refractivity contribution >= 4 is 5.78 Å². The Morgan fingerprint density at radius 2 is 2.00 bits per heavy atom. The number of hydrogen-bond acceptors (Lipinski definition) is 2. The summed E-state index contributed by atoms with van der Waals surface area (Å²) in [5.41, 5.74) is 0.850. The highest BCUT2D eigenvalue weighted by Crippen LogP contribution is 2.49. The van der Waals surface area contributed by atoms with E-state index in [4.69, 9.17) is 0 Å². The number of nitrogens with zero attached hydrogens (tertiary/aromatic N) is 1. The van der Waals surface area contributed by atoms with Gasteiger partial charge in [-0.1, -0.05) is 6.42 Å². The fourth-order valence-corrected chi connectivity index (χ4v) is 3.30. The highest BCUT2D eigenvalue weighted by Gasteiger charge is 2.42. The quantitative estimate of drug-likeness (QED) is 0.688. The molecule has 2 aliphatic rings. The molecule has 15 heavy (non-hydrogen) atoms. The smallest absolute Gasteiger partial charge is 0.166 e. The average molecular weight is 201 g/mol. The number of pyridine rings is 1. The lowest BCUT2D eigenvalue weighted by molar-refractivity contribution is 0.0874. The van der Waals surface area contributed by atoms with Gasteiger partial charge >= 0.3 is 0 Å². The molecule has 0 radical (unpaired) electrons. The average Bonchev–Trinajstić information content (AvgIpc) is 2.91. The molecular weight excluding hydrogens is 186 g/mol. The number of fused-ring (bicyclic) bond motifs is 2. The Morgan fingerprint density at radius 3 is 2.60 bits per heavy atom. The number of aromatic nitrogens is 1. The molecule has 2 fully saturated rings. The van der Waals surface area contributed by atoms with Crippen LogP contribution in [-0.4, -0.2) is 10.8 Å². The van der Waals surface area contributed by atoms with E-state index in [1.54, 1.807) is 12.4 Å². The minimum Gasteiger partial charge on any atom is -0.294 e. The monoisotopic (exact) mass is 201 g/mol. The van der Waals surface area contributed by atoms with Crippen molar-refractivity contribution in [3.05, 3.63) is 30.1 Å². The van der Waals surface area contributed by atoms with Crippen LogP contribution in [0.25, 0.3) is 0 Å². The number of ketones is 1. The van der Waals surface area contributed by atoms with Gasteiger partial charge in [0.1, 0.15) is 0 Å². The van der Waals surface area contributed by atoms with Crippen molar-refractivity contribution in [1.29, 1.82) is 0 Å². The van der Waals surface area contributed by atoms with Gasteiger partial charge in [-0.05, 0) is 43.2 Å². The van der Waals surface area contributed by atoms with Gasteiger partial charge in [0.15, 0.2) is 5.78 Å². The molecule has 3 unspecified atom stereocenters. The van der Waals surface area contributed by atoms with Gasteiger partial charge in [0.25, 0.3) is 0 Å². The highest BCUT2D eigenvalue weighted by atomic mass is 16.1. The Kier molecular flexibility index (Phi) is 2.08. The molecule has 1 heterocycles. The first-order valence-corrected chi connectivity index (χ1v) is 5.79. The Balaban J connectivity index is 1.81. The molecule has 0 amide bonds. The zero-order chi connectivity index (χ0) is 10.3. The molecule has 2 nitrogen and oxygen atoms in total. The van der Waals surface area contributed by atoms with Crippen molar-refractivity contribution in [2.45, 2.75) is 25.7 Å². The normalized spacial score (nSPS) is 33.2. The van der Waals surface area contributed by atoms with Crippen molar-refractivity contribution in [2.24, 2.45) is 17.8 Å². The zero-order valence-corrected chi connectivity index (χ0v) is 8.73. The summed E-state index contributed by atoms with van der Waals surface area (Å²) in [5.74, 6) is 2.18. The molecule has 3 atom stereocenters. The van der Waals surface area contributed by atoms with E-state index in [0.717, 1.165) is 17.9 Å². The molecule has 78 valence electrons. The second-order valence-corrected chi connectivity index (χ2v) is 4.88. The van der Waals surface area contributed by atoms with Gasteiger partial charge in [-0.15, -0.1) is 0 Å². The summed E-state index contributed by atoms with van der Waals surface area (Å²) < 4.78 is 0. The lowest BCUT2D eigenvalue weighted by Crippen LogP contribution is -2.20. The maximum atomic E-state index is 12.2. The second kappa shape index (κ2) is 3.44. The summed E-state index contributed by atoms with van der Waals surface area (Å²) in [4.78, 5) is 16.2. The van der Waals surface area contributed by atoms with Crippen LogP contribution in [0.3, 0.4) is 0 Å². The van der Waals surface area contributed by atoms with Crippen LogP contribution in [0.1, 0.15) is 36.0 Å². The van der Waals surface area contributed by atoms with Crippen molar-refractivity contribution in [3.63, 3.8) is 0 Å². The molecule has 0 aliphatic heterocycles. The van der Waals surface area contributed by atoms with Crippen LogP contribution in [-0.2, 0) is 0 Å². The molecule has 2 heteroatoms. The van der Waals surface area contributed by atoms with Crippen molar-refractivity contribution in [3.8, 4) is 0 Å². The zero-order valence-electron chi connectivity index (χ0n) is 8.73. The predicted molar refractivity (Wildman–Crippen MR) is 57.5 cm³/mol. The third-order valence-corrected chi connectivity index (χ3v) is 4.04. The molecule has 2 saturated carbocycles. The minimum absolute atomic E-state index is 0.311. The fourth-order valence-electron chi connectivity index (χ4n) is 3.30. The lowest BCUT2D eigenvalue weighted by Gasteiger charge is -2.20. The molecule has 0 spiro atoms. The van der Waals surface area contributed by atoms with Gasteiger partial charge in [0.05, 0.1) is 0 Å². The largest absolute Gasteiger partial charge is 0.294 e. The standard InChI is InChI=1S/C13H15NO/c15-13(10-3-5-14-6-4-10)12-8-9-1-2-11(12)7-9/h3-6,9,11-12H,1-2,7-8H2. The molecule has 0 saturated heterocycles. The van der Waals surface area contributed by atoms with Gasteiger partial charge in [-0.25, -0.2) is 0 Å². The second-order valence-electron chi connectivity index (χ2n) is 4.88. The Bertz CT molecular complexity index is 373. The van der Waals surface area contributed by atoms with E-state index in [2.05, 4.69) is 4.98 Å². The van der Waals surface area contributed by atoms with E-state index >= 15 is 0 Å². The van der Waals surface area contributed by atoms with E-state index in [9.17, 15) is 4.79 Å². The molecule has 1 aromatic rings. The molecule has 3 rings (SSSR count). The molecule has 1 aromatic heterocycles. The number of rotatable bonds is 2. The van der Waals surface area contributed by atoms with E-state index in [1.807, 2.05) is 12.1 Å². The topological polar surface area (TPSA) is 30.0 Å². The van der Waals surface area contributed by atoms with Crippen LogP contribution in [0.5, 0.6) is 0 Å². The fraction of sp³-hybridized carbons (Fsp3) is 0.538. The van der Waals surface area contributed by atoms with E-state index < -0.39 is 0 Å². The lowest BCUT2D eigenvalue weighted by atomic mass is 9.83. The molecule has 2 bridgehead atoms. The van der Waals surface area contributed by atoms with E-state index in [0.29, 0.717) is 17.6 Å². The molecule has 0 N–H and O–H groups in total. The third-order valence-electron chi connectivity index (χ3n) is 4.04. The highest BCUT2D eigenvalue weighted by molar-refractivity contribution is 5.98. The van der Waals surface area contributed by atoms with Crippen LogP contribution in [0.15, 0.2) is 24.5 Å². The van der Waals surface area contributed by atoms with Crippen LogP contribution < -0.4 is 0 Å². The maximum Gasteiger partial charge on any atom is 0.166 e. The van der Waals surface area contributed by atoms with Gasteiger partial charge in [-0.3, -0.25) is 9.78 Å². The Hall–Kier alpha value is -1.18. The molecular formula is C13H15NO. The summed E-state index contributed by atoms with van der Waals surface area (Å²) in [6.07, 6.45) is 8.46. The number of Topliss-reactive ketones (excluding diaryl/α,β-unsaturated/α-hetero) is 1. The van der Waals surface area contributed by atoms with Crippen LogP contribution in [0, 0.1) is 17.8 Å².